The van der Waals surface area contributed by atoms with Crippen LogP contribution in [0.1, 0.15) is 12.8 Å². The van der Waals surface area contributed by atoms with Gasteiger partial charge in [0.2, 0.25) is 0 Å². The number of hydrogen-bond acceptors (Lipinski definition) is 3. The van der Waals surface area contributed by atoms with Crippen LogP contribution in [0.2, 0.25) is 12.1 Å². The van der Waals surface area contributed by atoms with Crippen molar-refractivity contribution in [1.29, 1.82) is 0 Å². The van der Waals surface area contributed by atoms with E-state index in [9.17, 15) is 0 Å². The van der Waals surface area contributed by atoms with Gasteiger partial charge in [0, 0.05) is 14.2 Å². The number of rotatable bonds is 2. The van der Waals surface area contributed by atoms with Gasteiger partial charge in [-0.1, -0.05) is 0 Å². The van der Waals surface area contributed by atoms with Crippen LogP contribution in [0, 0.1) is 0 Å². The molecule has 1 heterocycles. The first-order chi connectivity index (χ1) is 5.83. The van der Waals surface area contributed by atoms with E-state index in [-0.39, 0.29) is 0 Å². The van der Waals surface area contributed by atoms with E-state index in [0.29, 0.717) is 0 Å². The van der Waals surface area contributed by atoms with Gasteiger partial charge in [-0.25, -0.2) is 0 Å². The molecule has 0 aliphatic carbocycles. The molecule has 1 aliphatic heterocycles. The standard InChI is InChI=1S/C8H18O2SSi/c1-9-12(10-2)7-3-5-11-6-4-8-12/h3-8H2,1-2H3. The molecule has 1 fully saturated rings. The van der Waals surface area contributed by atoms with E-state index in [0.717, 1.165) is 0 Å². The highest BCUT2D eigenvalue weighted by molar-refractivity contribution is 7.99. The summed E-state index contributed by atoms with van der Waals surface area (Å²) in [5, 5.41) is 0. The van der Waals surface area contributed by atoms with E-state index in [1.54, 1.807) is 0 Å². The van der Waals surface area contributed by atoms with E-state index in [4.69, 9.17) is 8.85 Å². The fourth-order valence-corrected chi connectivity index (χ4v) is 5.68. The molecule has 4 heteroatoms. The minimum atomic E-state index is -1.73. The zero-order chi connectivity index (χ0) is 8.86. The summed E-state index contributed by atoms with van der Waals surface area (Å²) >= 11 is 2.06. The average Bonchev–Trinajstić information content (AvgIpc) is 2.06. The average molecular weight is 206 g/mol. The maximum absolute atomic E-state index is 5.57. The van der Waals surface area contributed by atoms with Crippen molar-refractivity contribution >= 4 is 20.3 Å². The lowest BCUT2D eigenvalue weighted by Crippen LogP contribution is -2.40. The Bertz CT molecular complexity index is 118. The van der Waals surface area contributed by atoms with Gasteiger partial charge in [-0.3, -0.25) is 0 Å². The predicted octanol–water partition coefficient (Wildman–Crippen LogP) is 2.25. The number of thioether (sulfide) groups is 1. The molecule has 2 nitrogen and oxygen atoms in total. The van der Waals surface area contributed by atoms with Crippen LogP contribution in [0.3, 0.4) is 0 Å². The Hall–Kier alpha value is 0.487. The molecule has 0 atom stereocenters. The van der Waals surface area contributed by atoms with Gasteiger partial charge in [0.25, 0.3) is 0 Å². The fourth-order valence-electron chi connectivity index (χ4n) is 1.61. The normalized spacial score (nSPS) is 24.5. The van der Waals surface area contributed by atoms with Gasteiger partial charge in [-0.05, 0) is 36.4 Å². The predicted molar refractivity (Wildman–Crippen MR) is 55.9 cm³/mol. The van der Waals surface area contributed by atoms with Crippen molar-refractivity contribution in [3.05, 3.63) is 0 Å². The van der Waals surface area contributed by atoms with Crippen LogP contribution in [0.25, 0.3) is 0 Å². The van der Waals surface area contributed by atoms with Gasteiger partial charge in [0.15, 0.2) is 0 Å². The highest BCUT2D eigenvalue weighted by Gasteiger charge is 2.34. The lowest BCUT2D eigenvalue weighted by atomic mass is 10.5. The van der Waals surface area contributed by atoms with E-state index in [1.165, 1.54) is 36.4 Å². The molecule has 1 aliphatic rings. The summed E-state index contributed by atoms with van der Waals surface area (Å²) < 4.78 is 11.1. The Morgan fingerprint density at radius 3 is 1.92 bits per heavy atom. The van der Waals surface area contributed by atoms with Crippen LogP contribution in [0.4, 0.5) is 0 Å². The van der Waals surface area contributed by atoms with Gasteiger partial charge in [0.05, 0.1) is 0 Å². The second-order valence-corrected chi connectivity index (χ2v) is 8.00. The molecule has 0 spiro atoms. The van der Waals surface area contributed by atoms with Gasteiger partial charge in [0.1, 0.15) is 0 Å². The quantitative estimate of drug-likeness (QED) is 0.646. The zero-order valence-corrected chi connectivity index (χ0v) is 9.78. The molecule has 0 N–H and O–H groups in total. The zero-order valence-electron chi connectivity index (χ0n) is 7.97. The molecule has 72 valence electrons. The Kier molecular flexibility index (Phi) is 4.64. The molecule has 0 aromatic heterocycles. The van der Waals surface area contributed by atoms with E-state index in [2.05, 4.69) is 11.8 Å². The first kappa shape index (κ1) is 10.6. The molecule has 0 radical (unpaired) electrons. The smallest absolute Gasteiger partial charge is 0.337 e. The van der Waals surface area contributed by atoms with Crippen molar-refractivity contribution in [2.45, 2.75) is 24.9 Å². The van der Waals surface area contributed by atoms with Crippen LogP contribution < -0.4 is 0 Å². The third kappa shape index (κ3) is 2.76. The van der Waals surface area contributed by atoms with Crippen LogP contribution in [0.15, 0.2) is 0 Å². The molecular formula is C8H18O2SSi. The van der Waals surface area contributed by atoms with Crippen molar-refractivity contribution in [1.82, 2.24) is 0 Å². The molecule has 1 rings (SSSR count). The lowest BCUT2D eigenvalue weighted by Gasteiger charge is -2.28. The second kappa shape index (κ2) is 5.27. The van der Waals surface area contributed by atoms with Crippen LogP contribution in [-0.2, 0) is 8.85 Å². The maximum Gasteiger partial charge on any atom is 0.337 e. The minimum absolute atomic E-state index is 1.17. The summed E-state index contributed by atoms with van der Waals surface area (Å²) in [5.74, 6) is 2.56. The van der Waals surface area contributed by atoms with E-state index >= 15 is 0 Å². The summed E-state index contributed by atoms with van der Waals surface area (Å²) in [6, 6.07) is 2.35. The molecule has 0 bridgehead atoms. The van der Waals surface area contributed by atoms with E-state index in [1.807, 2.05) is 14.2 Å². The van der Waals surface area contributed by atoms with Gasteiger partial charge >= 0.3 is 8.56 Å². The topological polar surface area (TPSA) is 18.5 Å². The van der Waals surface area contributed by atoms with E-state index < -0.39 is 8.56 Å². The highest BCUT2D eigenvalue weighted by atomic mass is 32.2. The fraction of sp³-hybridized carbons (Fsp3) is 1.00. The third-order valence-electron chi connectivity index (χ3n) is 2.44. The summed E-state index contributed by atoms with van der Waals surface area (Å²) in [7, 11) is 1.89. The molecule has 0 unspecified atom stereocenters. The summed E-state index contributed by atoms with van der Waals surface area (Å²) in [6.07, 6.45) is 2.52. The summed E-state index contributed by atoms with van der Waals surface area (Å²) in [4.78, 5) is 0. The number of hydrogen-bond donors (Lipinski definition) is 0. The molecule has 0 amide bonds. The first-order valence-corrected chi connectivity index (χ1v) is 7.89. The van der Waals surface area contributed by atoms with Crippen molar-refractivity contribution in [3.8, 4) is 0 Å². The molecule has 12 heavy (non-hydrogen) atoms. The van der Waals surface area contributed by atoms with Crippen LogP contribution in [0.5, 0.6) is 0 Å². The first-order valence-electron chi connectivity index (χ1n) is 4.51. The minimum Gasteiger partial charge on any atom is -0.398 e. The van der Waals surface area contributed by atoms with Gasteiger partial charge in [-0.15, -0.1) is 0 Å². The Balaban J connectivity index is 2.45. The van der Waals surface area contributed by atoms with Gasteiger partial charge < -0.3 is 8.85 Å². The third-order valence-corrected chi connectivity index (χ3v) is 7.31. The monoisotopic (exact) mass is 206 g/mol. The maximum atomic E-state index is 5.57. The Morgan fingerprint density at radius 1 is 1.00 bits per heavy atom. The molecular weight excluding hydrogens is 188 g/mol. The van der Waals surface area contributed by atoms with Gasteiger partial charge in [-0.2, -0.15) is 11.8 Å². The Labute approximate surface area is 80.3 Å². The molecule has 1 saturated heterocycles. The van der Waals surface area contributed by atoms with Crippen molar-refractivity contribution in [2.75, 3.05) is 25.7 Å². The van der Waals surface area contributed by atoms with Crippen LogP contribution in [-0.4, -0.2) is 34.3 Å². The highest BCUT2D eigenvalue weighted by Crippen LogP contribution is 2.26. The SMILES string of the molecule is CO[Si]1(OC)CCCSCCC1. The van der Waals surface area contributed by atoms with Crippen molar-refractivity contribution < 1.29 is 8.85 Å². The molecule has 0 aromatic rings. The summed E-state index contributed by atoms with van der Waals surface area (Å²) in [5.41, 5.74) is 0. The second-order valence-electron chi connectivity index (χ2n) is 3.14. The molecule has 0 aromatic carbocycles. The summed E-state index contributed by atoms with van der Waals surface area (Å²) in [6.45, 7) is 0. The Morgan fingerprint density at radius 2 is 1.50 bits per heavy atom. The lowest BCUT2D eigenvalue weighted by molar-refractivity contribution is 0.240. The molecule has 0 saturated carbocycles. The van der Waals surface area contributed by atoms with Crippen molar-refractivity contribution in [3.63, 3.8) is 0 Å². The van der Waals surface area contributed by atoms with Crippen LogP contribution >= 0.6 is 11.8 Å². The van der Waals surface area contributed by atoms with Crippen molar-refractivity contribution in [2.24, 2.45) is 0 Å². The largest absolute Gasteiger partial charge is 0.398 e.